The van der Waals surface area contributed by atoms with Crippen LogP contribution in [-0.4, -0.2) is 53.0 Å². The van der Waals surface area contributed by atoms with E-state index in [0.717, 1.165) is 44.3 Å². The Hall–Kier alpha value is -1.39. The molecule has 0 bridgehead atoms. The monoisotopic (exact) mass is 344 g/mol. The molecule has 1 aromatic carbocycles. The van der Waals surface area contributed by atoms with Gasteiger partial charge in [0.2, 0.25) is 5.91 Å². The summed E-state index contributed by atoms with van der Waals surface area (Å²) in [6, 6.07) is 10.6. The predicted octanol–water partition coefficient (Wildman–Crippen LogP) is 3.01. The molecule has 4 heteroatoms. The van der Waals surface area contributed by atoms with Crippen LogP contribution in [0.2, 0.25) is 0 Å². The fourth-order valence-corrected chi connectivity index (χ4v) is 4.12. The molecule has 4 nitrogen and oxygen atoms in total. The van der Waals surface area contributed by atoms with E-state index in [-0.39, 0.29) is 18.2 Å². The van der Waals surface area contributed by atoms with Crippen molar-refractivity contribution in [2.45, 2.75) is 63.6 Å². The average Bonchev–Trinajstić information content (AvgIpc) is 3.47. The van der Waals surface area contributed by atoms with Gasteiger partial charge in [0.1, 0.15) is 5.60 Å². The quantitative estimate of drug-likeness (QED) is 0.863. The Labute approximate surface area is 151 Å². The van der Waals surface area contributed by atoms with Crippen molar-refractivity contribution in [3.8, 4) is 0 Å². The topological polar surface area (TPSA) is 43.8 Å². The number of benzene rings is 1. The number of piperidine rings is 1. The van der Waals surface area contributed by atoms with E-state index in [4.69, 9.17) is 0 Å². The summed E-state index contributed by atoms with van der Waals surface area (Å²) in [4.78, 5) is 17.3. The van der Waals surface area contributed by atoms with E-state index in [2.05, 4.69) is 18.7 Å². The first-order valence-corrected chi connectivity index (χ1v) is 9.69. The van der Waals surface area contributed by atoms with Gasteiger partial charge in [-0.15, -0.1) is 0 Å². The Balaban J connectivity index is 1.64. The number of carbonyl (C=O) groups excluding carboxylic acids is 1. The lowest BCUT2D eigenvalue weighted by atomic mass is 9.85. The van der Waals surface area contributed by atoms with Crippen LogP contribution in [0.5, 0.6) is 0 Å². The van der Waals surface area contributed by atoms with E-state index < -0.39 is 5.60 Å². The molecule has 1 atom stereocenters. The molecule has 0 spiro atoms. The molecule has 3 rings (SSSR count). The molecule has 2 fully saturated rings. The number of likely N-dealkylation sites (tertiary alicyclic amines) is 1. The van der Waals surface area contributed by atoms with Crippen molar-refractivity contribution in [3.63, 3.8) is 0 Å². The van der Waals surface area contributed by atoms with Crippen LogP contribution in [0, 0.1) is 5.92 Å². The van der Waals surface area contributed by atoms with Gasteiger partial charge in [-0.25, -0.2) is 0 Å². The largest absolute Gasteiger partial charge is 0.384 e. The fraction of sp³-hybridized carbons (Fsp3) is 0.667. The number of carbonyl (C=O) groups is 1. The molecular formula is C21H32N2O2. The number of rotatable bonds is 6. The van der Waals surface area contributed by atoms with Crippen molar-refractivity contribution < 1.29 is 9.90 Å². The SMILES string of the molecule is CC(C)N1CCC(N(C)C(=O)C[C@](O)(c2ccccc2)C2CC2)CC1. The third-order valence-electron chi connectivity index (χ3n) is 6.12. The molecule has 1 saturated heterocycles. The lowest BCUT2D eigenvalue weighted by molar-refractivity contribution is -0.139. The number of nitrogens with zero attached hydrogens (tertiary/aromatic N) is 2. The first-order valence-electron chi connectivity index (χ1n) is 9.69. The highest BCUT2D eigenvalue weighted by molar-refractivity contribution is 5.77. The van der Waals surface area contributed by atoms with Crippen molar-refractivity contribution in [2.24, 2.45) is 5.92 Å². The molecular weight excluding hydrogens is 312 g/mol. The standard InChI is InChI=1S/C21H32N2O2/c1-16(2)23-13-11-19(12-14-23)22(3)20(24)15-21(25,18-9-10-18)17-7-5-4-6-8-17/h4-8,16,18-19,25H,9-15H2,1-3H3/t21-/m0/s1. The Morgan fingerprint density at radius 2 is 1.80 bits per heavy atom. The average molecular weight is 344 g/mol. The van der Waals surface area contributed by atoms with Crippen LogP contribution < -0.4 is 0 Å². The van der Waals surface area contributed by atoms with Crippen LogP contribution >= 0.6 is 0 Å². The normalized spacial score (nSPS) is 22.0. The summed E-state index contributed by atoms with van der Waals surface area (Å²) in [6.45, 7) is 6.55. The van der Waals surface area contributed by atoms with Gasteiger partial charge in [0.15, 0.2) is 0 Å². The van der Waals surface area contributed by atoms with Crippen molar-refractivity contribution in [1.82, 2.24) is 9.80 Å². The van der Waals surface area contributed by atoms with Gasteiger partial charge >= 0.3 is 0 Å². The van der Waals surface area contributed by atoms with Gasteiger partial charge in [-0.05, 0) is 51.0 Å². The van der Waals surface area contributed by atoms with Gasteiger partial charge in [-0.1, -0.05) is 30.3 Å². The number of aliphatic hydroxyl groups is 1. The van der Waals surface area contributed by atoms with E-state index in [1.807, 2.05) is 42.3 Å². The highest BCUT2D eigenvalue weighted by Gasteiger charge is 2.47. The van der Waals surface area contributed by atoms with Crippen molar-refractivity contribution in [1.29, 1.82) is 0 Å². The predicted molar refractivity (Wildman–Crippen MR) is 100 cm³/mol. The fourth-order valence-electron chi connectivity index (χ4n) is 4.12. The zero-order valence-corrected chi connectivity index (χ0v) is 15.8. The Morgan fingerprint density at radius 3 is 2.32 bits per heavy atom. The first-order chi connectivity index (χ1) is 11.9. The molecule has 1 aromatic rings. The van der Waals surface area contributed by atoms with Gasteiger partial charge in [-0.2, -0.15) is 0 Å². The molecule has 1 heterocycles. The molecule has 0 unspecified atom stereocenters. The number of amides is 1. The zero-order valence-electron chi connectivity index (χ0n) is 15.8. The highest BCUT2D eigenvalue weighted by atomic mass is 16.3. The molecule has 0 aromatic heterocycles. The van der Waals surface area contributed by atoms with Gasteiger partial charge in [0.05, 0.1) is 6.42 Å². The lowest BCUT2D eigenvalue weighted by Crippen LogP contribution is -2.48. The molecule has 1 aliphatic heterocycles. The maximum absolute atomic E-state index is 12.9. The highest BCUT2D eigenvalue weighted by Crippen LogP contribution is 2.48. The van der Waals surface area contributed by atoms with E-state index in [9.17, 15) is 9.90 Å². The van der Waals surface area contributed by atoms with E-state index in [0.29, 0.717) is 12.1 Å². The van der Waals surface area contributed by atoms with Gasteiger partial charge in [-0.3, -0.25) is 4.79 Å². The molecule has 1 N–H and O–H groups in total. The maximum Gasteiger partial charge on any atom is 0.225 e. The van der Waals surface area contributed by atoms with Crippen molar-refractivity contribution >= 4 is 5.91 Å². The van der Waals surface area contributed by atoms with Crippen molar-refractivity contribution in [3.05, 3.63) is 35.9 Å². The summed E-state index contributed by atoms with van der Waals surface area (Å²) in [5.74, 6) is 0.288. The van der Waals surface area contributed by atoms with Crippen LogP contribution in [-0.2, 0) is 10.4 Å². The summed E-state index contributed by atoms with van der Waals surface area (Å²) < 4.78 is 0. The van der Waals surface area contributed by atoms with Gasteiger partial charge in [0.25, 0.3) is 0 Å². The summed E-state index contributed by atoms with van der Waals surface area (Å²) >= 11 is 0. The number of hydrogen-bond acceptors (Lipinski definition) is 3. The van der Waals surface area contributed by atoms with E-state index in [1.54, 1.807) is 0 Å². The second kappa shape index (κ2) is 7.46. The minimum atomic E-state index is -1.01. The summed E-state index contributed by atoms with van der Waals surface area (Å²) in [5, 5.41) is 11.3. The van der Waals surface area contributed by atoms with Crippen LogP contribution in [0.1, 0.15) is 51.5 Å². The van der Waals surface area contributed by atoms with Gasteiger partial charge in [0, 0.05) is 32.2 Å². The molecule has 1 aliphatic carbocycles. The molecule has 1 saturated carbocycles. The molecule has 0 radical (unpaired) electrons. The van der Waals surface area contributed by atoms with E-state index >= 15 is 0 Å². The third kappa shape index (κ3) is 4.06. The molecule has 1 amide bonds. The smallest absolute Gasteiger partial charge is 0.225 e. The summed E-state index contributed by atoms with van der Waals surface area (Å²) in [5.41, 5.74) is -0.125. The maximum atomic E-state index is 12.9. The van der Waals surface area contributed by atoms with Gasteiger partial charge < -0.3 is 14.9 Å². The van der Waals surface area contributed by atoms with Crippen LogP contribution in [0.3, 0.4) is 0 Å². The van der Waals surface area contributed by atoms with Crippen LogP contribution in [0.4, 0.5) is 0 Å². The third-order valence-corrected chi connectivity index (χ3v) is 6.12. The second-order valence-electron chi connectivity index (χ2n) is 8.11. The molecule has 25 heavy (non-hydrogen) atoms. The Kier molecular flexibility index (Phi) is 5.49. The lowest BCUT2D eigenvalue weighted by Gasteiger charge is -2.39. The second-order valence-corrected chi connectivity index (χ2v) is 8.11. The number of hydrogen-bond donors (Lipinski definition) is 1. The minimum absolute atomic E-state index is 0.0706. The minimum Gasteiger partial charge on any atom is -0.384 e. The first kappa shape index (κ1) is 18.4. The van der Waals surface area contributed by atoms with Crippen molar-refractivity contribution in [2.75, 3.05) is 20.1 Å². The van der Waals surface area contributed by atoms with E-state index in [1.165, 1.54) is 0 Å². The summed E-state index contributed by atoms with van der Waals surface area (Å²) in [7, 11) is 1.91. The van der Waals surface area contributed by atoms with Crippen LogP contribution in [0.15, 0.2) is 30.3 Å². The zero-order chi connectivity index (χ0) is 18.0. The Morgan fingerprint density at radius 1 is 1.20 bits per heavy atom. The summed E-state index contributed by atoms with van der Waals surface area (Å²) in [6.07, 6.45) is 4.26. The Bertz CT molecular complexity index is 577. The van der Waals surface area contributed by atoms with Crippen LogP contribution in [0.25, 0.3) is 0 Å². The molecule has 2 aliphatic rings. The molecule has 138 valence electrons.